The zero-order chi connectivity index (χ0) is 11.8. The minimum Gasteiger partial charge on any atom is -0.328 e. The fourth-order valence-corrected chi connectivity index (χ4v) is 2.51. The molecule has 1 aliphatic carbocycles. The first kappa shape index (κ1) is 11.7. The van der Waals surface area contributed by atoms with Crippen molar-refractivity contribution in [1.82, 2.24) is 10.2 Å². The van der Waals surface area contributed by atoms with Gasteiger partial charge in [-0.3, -0.25) is 10.1 Å². The molecule has 1 heterocycles. The van der Waals surface area contributed by atoms with E-state index in [9.17, 15) is 18.0 Å². The van der Waals surface area contributed by atoms with Crippen LogP contribution < -0.4 is 5.32 Å². The summed E-state index contributed by atoms with van der Waals surface area (Å²) in [5.41, 5.74) is -0.536. The van der Waals surface area contributed by atoms with Gasteiger partial charge in [0.15, 0.2) is 0 Å². The molecular weight excluding hydrogens is 221 g/mol. The van der Waals surface area contributed by atoms with E-state index < -0.39 is 18.1 Å². The van der Waals surface area contributed by atoms with Crippen molar-refractivity contribution in [2.45, 2.75) is 43.8 Å². The van der Waals surface area contributed by atoms with Gasteiger partial charge in [0.25, 0.3) is 0 Å². The van der Waals surface area contributed by atoms with E-state index in [0.717, 1.165) is 25.7 Å². The normalized spacial score (nSPS) is 24.7. The fourth-order valence-electron chi connectivity index (χ4n) is 2.51. The summed E-state index contributed by atoms with van der Waals surface area (Å²) < 4.78 is 36.1. The van der Waals surface area contributed by atoms with Crippen LogP contribution in [0.1, 0.15) is 32.1 Å². The van der Waals surface area contributed by atoms with Crippen LogP contribution in [-0.2, 0) is 4.79 Å². The number of nitrogens with one attached hydrogen (secondary N) is 1. The Labute approximate surface area is 92.0 Å². The second-order valence-corrected chi connectivity index (χ2v) is 4.56. The summed E-state index contributed by atoms with van der Waals surface area (Å²) >= 11 is 0. The lowest BCUT2D eigenvalue weighted by molar-refractivity contribution is -0.144. The van der Waals surface area contributed by atoms with Gasteiger partial charge in [0, 0.05) is 6.54 Å². The summed E-state index contributed by atoms with van der Waals surface area (Å²) in [5, 5.41) is 3.08. The number of nitrogens with zero attached hydrogens (tertiary/aromatic N) is 1. The quantitative estimate of drug-likeness (QED) is 0.790. The second kappa shape index (κ2) is 3.91. The van der Waals surface area contributed by atoms with Crippen molar-refractivity contribution in [3.63, 3.8) is 0 Å². The maximum Gasteiger partial charge on any atom is 0.390 e. The maximum absolute atomic E-state index is 12.0. The summed E-state index contributed by atoms with van der Waals surface area (Å²) in [5.74, 6) is -0.144. The Balaban J connectivity index is 1.92. The lowest BCUT2D eigenvalue weighted by atomic mass is 9.98. The largest absolute Gasteiger partial charge is 0.390 e. The molecule has 2 aliphatic rings. The predicted molar refractivity (Wildman–Crippen MR) is 51.6 cm³/mol. The molecule has 0 bridgehead atoms. The van der Waals surface area contributed by atoms with E-state index >= 15 is 0 Å². The Bertz CT molecular complexity index is 284. The summed E-state index contributed by atoms with van der Waals surface area (Å²) in [6.07, 6.45) is -1.64. The monoisotopic (exact) mass is 236 g/mol. The van der Waals surface area contributed by atoms with Crippen LogP contribution in [0.25, 0.3) is 0 Å². The van der Waals surface area contributed by atoms with Crippen LogP contribution >= 0.6 is 0 Å². The molecule has 2 rings (SSSR count). The third-order valence-electron chi connectivity index (χ3n) is 3.43. The van der Waals surface area contributed by atoms with E-state index in [0.29, 0.717) is 0 Å². The SMILES string of the molecule is O=C1N(CCC(F)(F)F)CNC12CCCC2. The number of rotatable bonds is 2. The van der Waals surface area contributed by atoms with Gasteiger partial charge in [-0.15, -0.1) is 0 Å². The number of hydrogen-bond donors (Lipinski definition) is 1. The van der Waals surface area contributed by atoms with Gasteiger partial charge in [-0.1, -0.05) is 12.8 Å². The Morgan fingerprint density at radius 2 is 1.94 bits per heavy atom. The zero-order valence-electron chi connectivity index (χ0n) is 8.94. The lowest BCUT2D eigenvalue weighted by Crippen LogP contribution is -2.44. The Morgan fingerprint density at radius 1 is 1.31 bits per heavy atom. The lowest BCUT2D eigenvalue weighted by Gasteiger charge is -2.21. The molecule has 1 N–H and O–H groups in total. The van der Waals surface area contributed by atoms with Gasteiger partial charge in [-0.05, 0) is 12.8 Å². The van der Waals surface area contributed by atoms with Gasteiger partial charge >= 0.3 is 6.18 Å². The number of hydrogen-bond acceptors (Lipinski definition) is 2. The number of carbonyl (C=O) groups excluding carboxylic acids is 1. The van der Waals surface area contributed by atoms with Crippen LogP contribution in [0.15, 0.2) is 0 Å². The summed E-state index contributed by atoms with van der Waals surface area (Å²) in [6.45, 7) is 0.0337. The highest BCUT2D eigenvalue weighted by atomic mass is 19.4. The number of alkyl halides is 3. The molecule has 1 saturated carbocycles. The molecule has 3 nitrogen and oxygen atoms in total. The molecule has 0 aromatic heterocycles. The minimum absolute atomic E-state index is 0.144. The highest BCUT2D eigenvalue weighted by Crippen LogP contribution is 2.34. The average molecular weight is 236 g/mol. The molecule has 1 aliphatic heterocycles. The van der Waals surface area contributed by atoms with Crippen molar-refractivity contribution in [3.8, 4) is 0 Å². The van der Waals surface area contributed by atoms with Crippen LogP contribution in [0.3, 0.4) is 0 Å². The smallest absolute Gasteiger partial charge is 0.328 e. The Morgan fingerprint density at radius 3 is 2.50 bits per heavy atom. The summed E-state index contributed by atoms with van der Waals surface area (Å²) in [4.78, 5) is 13.2. The van der Waals surface area contributed by atoms with Crippen molar-refractivity contribution in [2.24, 2.45) is 0 Å². The summed E-state index contributed by atoms with van der Waals surface area (Å²) in [7, 11) is 0. The first-order valence-corrected chi connectivity index (χ1v) is 5.54. The van der Waals surface area contributed by atoms with E-state index in [1.165, 1.54) is 4.90 Å². The Kier molecular flexibility index (Phi) is 2.86. The molecule has 0 unspecified atom stereocenters. The molecule has 6 heteroatoms. The molecule has 2 fully saturated rings. The van der Waals surface area contributed by atoms with Crippen molar-refractivity contribution < 1.29 is 18.0 Å². The predicted octanol–water partition coefficient (Wildman–Crippen LogP) is 1.64. The molecule has 0 radical (unpaired) electrons. The molecule has 0 aromatic rings. The van der Waals surface area contributed by atoms with Gasteiger partial charge in [-0.2, -0.15) is 13.2 Å². The van der Waals surface area contributed by atoms with Gasteiger partial charge < -0.3 is 4.90 Å². The number of carbonyl (C=O) groups is 1. The molecule has 1 spiro atoms. The number of halogens is 3. The third-order valence-corrected chi connectivity index (χ3v) is 3.43. The molecule has 1 amide bonds. The van der Waals surface area contributed by atoms with Crippen molar-refractivity contribution in [1.29, 1.82) is 0 Å². The summed E-state index contributed by atoms with van der Waals surface area (Å²) in [6, 6.07) is 0. The van der Waals surface area contributed by atoms with E-state index in [1.807, 2.05) is 0 Å². The van der Waals surface area contributed by atoms with Crippen LogP contribution in [0.2, 0.25) is 0 Å². The first-order chi connectivity index (χ1) is 7.43. The van der Waals surface area contributed by atoms with E-state index in [4.69, 9.17) is 0 Å². The average Bonchev–Trinajstić information content (AvgIpc) is 2.75. The van der Waals surface area contributed by atoms with Crippen LogP contribution in [-0.4, -0.2) is 35.7 Å². The maximum atomic E-state index is 12.0. The van der Waals surface area contributed by atoms with E-state index in [-0.39, 0.29) is 19.1 Å². The molecule has 1 saturated heterocycles. The van der Waals surface area contributed by atoms with Gasteiger partial charge in [0.1, 0.15) is 0 Å². The van der Waals surface area contributed by atoms with Crippen molar-refractivity contribution >= 4 is 5.91 Å². The first-order valence-electron chi connectivity index (χ1n) is 5.54. The topological polar surface area (TPSA) is 32.3 Å². The standard InChI is InChI=1S/C10H15F3N2O/c11-10(12,13)5-6-15-7-14-9(8(15)16)3-1-2-4-9/h14H,1-7H2. The third kappa shape index (κ3) is 2.16. The fraction of sp³-hybridized carbons (Fsp3) is 0.900. The molecule has 0 aromatic carbocycles. The molecular formula is C10H15F3N2O. The Hall–Kier alpha value is -0.780. The van der Waals surface area contributed by atoms with E-state index in [1.54, 1.807) is 0 Å². The highest BCUT2D eigenvalue weighted by molar-refractivity contribution is 5.88. The molecule has 0 atom stereocenters. The van der Waals surface area contributed by atoms with E-state index in [2.05, 4.69) is 5.32 Å². The van der Waals surface area contributed by atoms with Crippen molar-refractivity contribution in [3.05, 3.63) is 0 Å². The molecule has 92 valence electrons. The van der Waals surface area contributed by atoms with Gasteiger partial charge in [-0.25, -0.2) is 0 Å². The van der Waals surface area contributed by atoms with Crippen LogP contribution in [0.5, 0.6) is 0 Å². The minimum atomic E-state index is -4.19. The highest BCUT2D eigenvalue weighted by Gasteiger charge is 2.48. The zero-order valence-corrected chi connectivity index (χ0v) is 8.94. The van der Waals surface area contributed by atoms with Crippen LogP contribution in [0.4, 0.5) is 13.2 Å². The van der Waals surface area contributed by atoms with Gasteiger partial charge in [0.2, 0.25) is 5.91 Å². The van der Waals surface area contributed by atoms with Crippen molar-refractivity contribution in [2.75, 3.05) is 13.2 Å². The number of amides is 1. The second-order valence-electron chi connectivity index (χ2n) is 4.56. The molecule has 16 heavy (non-hydrogen) atoms. The van der Waals surface area contributed by atoms with Crippen LogP contribution in [0, 0.1) is 0 Å². The van der Waals surface area contributed by atoms with Gasteiger partial charge in [0.05, 0.1) is 18.6 Å².